The topological polar surface area (TPSA) is 127 Å². The molecule has 0 saturated carbocycles. The molecule has 11 heteroatoms. The van der Waals surface area contributed by atoms with E-state index in [0.29, 0.717) is 38.3 Å². The lowest BCUT2D eigenvalue weighted by Crippen LogP contribution is -2.46. The summed E-state index contributed by atoms with van der Waals surface area (Å²) >= 11 is 0. The molecule has 10 nitrogen and oxygen atoms in total. The van der Waals surface area contributed by atoms with E-state index in [1.165, 1.54) is 5.56 Å². The van der Waals surface area contributed by atoms with Gasteiger partial charge in [0, 0.05) is 60.3 Å². The minimum absolute atomic E-state index is 0.0280. The molecule has 0 spiro atoms. The van der Waals surface area contributed by atoms with Crippen molar-refractivity contribution in [3.05, 3.63) is 53.6 Å². The summed E-state index contributed by atoms with van der Waals surface area (Å²) in [7, 11) is -3.76. The van der Waals surface area contributed by atoms with Gasteiger partial charge in [0.2, 0.25) is 10.0 Å². The van der Waals surface area contributed by atoms with E-state index in [1.54, 1.807) is 22.9 Å². The number of piperazine rings is 1. The van der Waals surface area contributed by atoms with Crippen molar-refractivity contribution in [3.63, 3.8) is 0 Å². The first-order valence-electron chi connectivity index (χ1n) is 14.0. The molecule has 1 aliphatic carbocycles. The van der Waals surface area contributed by atoms with Crippen molar-refractivity contribution in [3.8, 4) is 16.9 Å². The predicted molar refractivity (Wildman–Crippen MR) is 153 cm³/mol. The third kappa shape index (κ3) is 4.40. The van der Waals surface area contributed by atoms with Crippen LogP contribution in [0.4, 0.5) is 11.6 Å². The Morgan fingerprint density at radius 3 is 2.83 bits per heavy atom. The van der Waals surface area contributed by atoms with Crippen molar-refractivity contribution in [2.45, 2.75) is 63.1 Å². The highest BCUT2D eigenvalue weighted by Gasteiger charge is 2.45. The number of fused-ring (bicyclic) bond motifs is 4. The van der Waals surface area contributed by atoms with Crippen LogP contribution >= 0.6 is 0 Å². The maximum absolute atomic E-state index is 13.6. The second-order valence-electron chi connectivity index (χ2n) is 12.2. The zero-order valence-electron chi connectivity index (χ0n) is 22.9. The Balaban J connectivity index is 1.21. The van der Waals surface area contributed by atoms with Crippen molar-refractivity contribution < 1.29 is 13.2 Å². The van der Waals surface area contributed by atoms with Crippen molar-refractivity contribution >= 4 is 21.7 Å². The zero-order chi connectivity index (χ0) is 27.6. The number of ether oxygens (including phenoxy) is 1. The van der Waals surface area contributed by atoms with Gasteiger partial charge in [-0.15, -0.1) is 0 Å². The molecule has 4 aliphatic rings. The number of anilines is 2. The number of aromatic nitrogens is 3. The third-order valence-corrected chi connectivity index (χ3v) is 10.8. The molecule has 40 heavy (non-hydrogen) atoms. The minimum Gasteiger partial charge on any atom is -0.491 e. The fraction of sp³-hybridized carbons (Fsp3) is 0.483. The lowest BCUT2D eigenvalue weighted by molar-refractivity contribution is 0.310. The molecule has 7 rings (SSSR count). The van der Waals surface area contributed by atoms with Gasteiger partial charge < -0.3 is 20.7 Å². The molecule has 5 heterocycles. The fourth-order valence-corrected chi connectivity index (χ4v) is 8.42. The number of sulfonamides is 1. The summed E-state index contributed by atoms with van der Waals surface area (Å²) in [6.45, 7) is 7.64. The number of pyridine rings is 1. The van der Waals surface area contributed by atoms with Gasteiger partial charge in [-0.2, -0.15) is 4.31 Å². The number of nitrogen functional groups attached to an aromatic ring is 1. The van der Waals surface area contributed by atoms with Gasteiger partial charge in [-0.05, 0) is 54.9 Å². The maximum atomic E-state index is 13.6. The van der Waals surface area contributed by atoms with Crippen LogP contribution in [0.15, 0.2) is 41.7 Å². The molecule has 3 N–H and O–H groups in total. The first kappa shape index (κ1) is 25.7. The highest BCUT2D eigenvalue weighted by Crippen LogP contribution is 2.39. The first-order chi connectivity index (χ1) is 19.2. The van der Waals surface area contributed by atoms with Crippen LogP contribution in [0.1, 0.15) is 43.5 Å². The van der Waals surface area contributed by atoms with Crippen LogP contribution in [-0.2, 0) is 29.4 Å². The molecular formula is C29H35N7O3S. The number of rotatable bonds is 4. The average molecular weight is 562 g/mol. The summed E-state index contributed by atoms with van der Waals surface area (Å²) in [4.78, 5) is 16.0. The van der Waals surface area contributed by atoms with Gasteiger partial charge in [0.15, 0.2) is 0 Å². The van der Waals surface area contributed by atoms with Gasteiger partial charge in [-0.1, -0.05) is 19.9 Å². The molecule has 2 saturated heterocycles. The Labute approximate surface area is 235 Å². The highest BCUT2D eigenvalue weighted by molar-refractivity contribution is 7.89. The summed E-state index contributed by atoms with van der Waals surface area (Å²) in [6, 6.07) is 7.81. The van der Waals surface area contributed by atoms with E-state index >= 15 is 0 Å². The molecule has 1 aromatic carbocycles. The Kier molecular flexibility index (Phi) is 6.03. The number of hydrogen-bond acceptors (Lipinski definition) is 9. The van der Waals surface area contributed by atoms with Crippen molar-refractivity contribution in [1.82, 2.24) is 24.6 Å². The molecule has 2 fully saturated rings. The lowest BCUT2D eigenvalue weighted by atomic mass is 9.76. The van der Waals surface area contributed by atoms with Crippen molar-refractivity contribution in [1.29, 1.82) is 0 Å². The SMILES string of the molecule is CC1(C)CCc2ncnc(N3CCOc4ccc(-c5cnc(N)c(S(=O)(=O)N6C[C@@H]7C[C@H]6CN7)c5)cc4C3)c2C1. The van der Waals surface area contributed by atoms with Crippen LogP contribution in [0.2, 0.25) is 0 Å². The summed E-state index contributed by atoms with van der Waals surface area (Å²) in [5.74, 6) is 1.84. The van der Waals surface area contributed by atoms with Crippen LogP contribution in [0, 0.1) is 5.41 Å². The summed E-state index contributed by atoms with van der Waals surface area (Å²) < 4.78 is 34.9. The van der Waals surface area contributed by atoms with E-state index in [1.807, 2.05) is 12.1 Å². The van der Waals surface area contributed by atoms with Gasteiger partial charge >= 0.3 is 0 Å². The van der Waals surface area contributed by atoms with E-state index in [0.717, 1.165) is 54.1 Å². The number of benzene rings is 1. The maximum Gasteiger partial charge on any atom is 0.247 e. The van der Waals surface area contributed by atoms with Crippen LogP contribution in [0.3, 0.4) is 0 Å². The molecular weight excluding hydrogens is 526 g/mol. The lowest BCUT2D eigenvalue weighted by Gasteiger charge is -2.33. The summed E-state index contributed by atoms with van der Waals surface area (Å²) in [5, 5.41) is 3.35. The minimum atomic E-state index is -3.76. The molecule has 210 valence electrons. The molecule has 0 radical (unpaired) electrons. The van der Waals surface area contributed by atoms with E-state index in [2.05, 4.69) is 40.1 Å². The first-order valence-corrected chi connectivity index (χ1v) is 15.5. The number of nitrogens with two attached hydrogens (primary N) is 1. The van der Waals surface area contributed by atoms with Crippen LogP contribution in [-0.4, -0.2) is 66.0 Å². The molecule has 3 aromatic rings. The monoisotopic (exact) mass is 561 g/mol. The normalized spacial score (nSPS) is 23.8. The summed E-state index contributed by atoms with van der Waals surface area (Å²) in [6.07, 6.45) is 7.20. The highest BCUT2D eigenvalue weighted by atomic mass is 32.2. The van der Waals surface area contributed by atoms with E-state index in [-0.39, 0.29) is 28.2 Å². The quantitative estimate of drug-likeness (QED) is 0.494. The number of nitrogens with one attached hydrogen (secondary N) is 1. The van der Waals surface area contributed by atoms with Gasteiger partial charge in [-0.3, -0.25) is 0 Å². The largest absolute Gasteiger partial charge is 0.491 e. The molecule has 0 amide bonds. The smallest absolute Gasteiger partial charge is 0.247 e. The third-order valence-electron chi connectivity index (χ3n) is 8.85. The van der Waals surface area contributed by atoms with E-state index in [9.17, 15) is 8.42 Å². The Hall–Kier alpha value is -3.28. The van der Waals surface area contributed by atoms with Crippen molar-refractivity contribution in [2.24, 2.45) is 5.41 Å². The average Bonchev–Trinajstić information content (AvgIpc) is 3.51. The molecule has 2 bridgehead atoms. The number of aryl methyl sites for hydroxylation is 1. The Morgan fingerprint density at radius 2 is 2.02 bits per heavy atom. The second kappa shape index (κ2) is 9.39. The predicted octanol–water partition coefficient (Wildman–Crippen LogP) is 2.77. The van der Waals surface area contributed by atoms with Crippen LogP contribution in [0.25, 0.3) is 11.1 Å². The van der Waals surface area contributed by atoms with E-state index in [4.69, 9.17) is 15.5 Å². The molecule has 2 aromatic heterocycles. The molecule has 0 unspecified atom stereocenters. The van der Waals surface area contributed by atoms with Gasteiger partial charge in [0.1, 0.15) is 35.2 Å². The van der Waals surface area contributed by atoms with Gasteiger partial charge in [0.05, 0.1) is 6.54 Å². The van der Waals surface area contributed by atoms with Gasteiger partial charge in [0.25, 0.3) is 0 Å². The van der Waals surface area contributed by atoms with E-state index < -0.39 is 10.0 Å². The molecule has 3 aliphatic heterocycles. The summed E-state index contributed by atoms with van der Waals surface area (Å²) in [5.41, 5.74) is 11.3. The van der Waals surface area contributed by atoms with Gasteiger partial charge in [-0.25, -0.2) is 23.4 Å². The van der Waals surface area contributed by atoms with Crippen LogP contribution < -0.4 is 20.7 Å². The Bertz CT molecular complexity index is 1590. The van der Waals surface area contributed by atoms with Crippen LogP contribution in [0.5, 0.6) is 5.75 Å². The standard InChI is InChI=1S/C29H35N7O3S/c1-29(2)6-5-24-23(12-29)28(34-17-33-24)35-7-8-39-25-4-3-18(9-20(25)15-35)19-10-26(27(30)32-13-19)40(37,38)36-16-21-11-22(36)14-31-21/h3-4,9-10,13,17,21-22,31H,5-8,11-12,14-16H2,1-2H3,(H2,30,32)/t21-,22-/m0/s1. The molecule has 2 atom stereocenters. The number of hydrogen-bond donors (Lipinski definition) is 2. The number of nitrogens with zero attached hydrogens (tertiary/aromatic N) is 5. The Morgan fingerprint density at radius 1 is 1.15 bits per heavy atom. The van der Waals surface area contributed by atoms with Crippen molar-refractivity contribution in [2.75, 3.05) is 36.9 Å². The fourth-order valence-electron chi connectivity index (χ4n) is 6.65. The zero-order valence-corrected chi connectivity index (χ0v) is 23.7. The second-order valence-corrected chi connectivity index (χ2v) is 14.1.